The van der Waals surface area contributed by atoms with Crippen molar-refractivity contribution in [1.82, 2.24) is 9.97 Å². The van der Waals surface area contributed by atoms with Crippen LogP contribution in [0.25, 0.3) is 96.5 Å². The topological polar surface area (TPSA) is 38.9 Å². The van der Waals surface area contributed by atoms with E-state index >= 15 is 0 Å². The van der Waals surface area contributed by atoms with E-state index in [9.17, 15) is 0 Å². The van der Waals surface area contributed by atoms with Gasteiger partial charge in [0.15, 0.2) is 5.58 Å². The number of nitrogens with zero attached hydrogens (tertiary/aromatic N) is 2. The summed E-state index contributed by atoms with van der Waals surface area (Å²) in [7, 11) is 0. The highest BCUT2D eigenvalue weighted by Crippen LogP contribution is 2.52. The lowest BCUT2D eigenvalue weighted by molar-refractivity contribution is 0.620. The van der Waals surface area contributed by atoms with Crippen LogP contribution in [0.4, 0.5) is 0 Å². The number of para-hydroxylation sites is 3. The molecule has 0 amide bonds. The van der Waals surface area contributed by atoms with Gasteiger partial charge in [-0.15, -0.1) is 22.7 Å². The second kappa shape index (κ2) is 10.5. The van der Waals surface area contributed by atoms with Crippen LogP contribution < -0.4 is 0 Å². The number of fused-ring (bicyclic) bond motifs is 7. The third kappa shape index (κ3) is 4.17. The van der Waals surface area contributed by atoms with E-state index in [4.69, 9.17) is 14.4 Å². The second-order valence-corrected chi connectivity index (χ2v) is 13.8. The summed E-state index contributed by atoms with van der Waals surface area (Å²) in [5, 5.41) is 4.95. The van der Waals surface area contributed by atoms with Crippen LogP contribution in [0, 0.1) is 0 Å². The molecule has 0 unspecified atom stereocenters. The Labute approximate surface area is 278 Å². The third-order valence-corrected chi connectivity index (χ3v) is 11.4. The van der Waals surface area contributed by atoms with Crippen molar-refractivity contribution in [3.05, 3.63) is 146 Å². The molecule has 0 saturated carbocycles. The Balaban J connectivity index is 1.29. The zero-order valence-corrected chi connectivity index (χ0v) is 26.6. The molecule has 0 aliphatic heterocycles. The van der Waals surface area contributed by atoms with Crippen LogP contribution in [-0.2, 0) is 0 Å². The van der Waals surface area contributed by atoms with Crippen LogP contribution in [0.5, 0.6) is 0 Å². The summed E-state index contributed by atoms with van der Waals surface area (Å²) in [6.07, 6.45) is 0. The Hall–Kier alpha value is -5.62. The first kappa shape index (κ1) is 26.6. The molecule has 47 heavy (non-hydrogen) atoms. The predicted molar refractivity (Wildman–Crippen MR) is 199 cm³/mol. The molecule has 0 radical (unpaired) electrons. The van der Waals surface area contributed by atoms with Gasteiger partial charge in [-0.1, -0.05) is 109 Å². The van der Waals surface area contributed by atoms with E-state index in [0.29, 0.717) is 5.89 Å². The standard InChI is InChI=1S/C42H24N2OS2/c1-2-11-25(12-3-1)38-37-36(31-16-10-15-29-28-13-5-9-20-35(28)46-40(29)31)39(47-41(37)30-14-4-6-17-32(30)43-38)26-21-23-27(24-22-26)42-44-33-18-7-8-19-34(33)45-42/h1-24H. The first-order chi connectivity index (χ1) is 23.3. The average molecular weight is 637 g/mol. The molecule has 0 saturated heterocycles. The number of oxazole rings is 1. The number of pyridine rings is 1. The smallest absolute Gasteiger partial charge is 0.227 e. The Morgan fingerprint density at radius 1 is 0.468 bits per heavy atom. The summed E-state index contributed by atoms with van der Waals surface area (Å²) >= 11 is 3.73. The number of aromatic nitrogens is 2. The van der Waals surface area contributed by atoms with Crippen molar-refractivity contribution in [3.8, 4) is 44.3 Å². The molecule has 0 aliphatic rings. The quantitative estimate of drug-likeness (QED) is 0.193. The molecule has 0 aliphatic carbocycles. The van der Waals surface area contributed by atoms with Gasteiger partial charge >= 0.3 is 0 Å². The minimum atomic E-state index is 0.630. The number of hydrogen-bond acceptors (Lipinski definition) is 5. The maximum Gasteiger partial charge on any atom is 0.227 e. The predicted octanol–water partition coefficient (Wildman–Crippen LogP) is 12.6. The monoisotopic (exact) mass is 636 g/mol. The SMILES string of the molecule is c1ccc(-c2nc3ccccc3c3sc(-c4ccc(-c5nc6ccccc6o5)cc4)c(-c4cccc5c4sc4ccccc45)c23)cc1. The summed E-state index contributed by atoms with van der Waals surface area (Å²) in [6.45, 7) is 0. The molecule has 3 nitrogen and oxygen atoms in total. The van der Waals surface area contributed by atoms with Crippen LogP contribution in [-0.4, -0.2) is 9.97 Å². The van der Waals surface area contributed by atoms with Gasteiger partial charge in [0.2, 0.25) is 5.89 Å². The van der Waals surface area contributed by atoms with E-state index in [0.717, 1.165) is 39.0 Å². The first-order valence-corrected chi connectivity index (χ1v) is 17.2. The number of thiophene rings is 2. The third-order valence-electron chi connectivity index (χ3n) is 8.93. The minimum absolute atomic E-state index is 0.630. The molecular formula is C42H24N2OS2. The molecule has 5 heteroatoms. The van der Waals surface area contributed by atoms with Crippen molar-refractivity contribution in [2.45, 2.75) is 0 Å². The summed E-state index contributed by atoms with van der Waals surface area (Å²) < 4.78 is 9.96. The molecule has 0 spiro atoms. The highest BCUT2D eigenvalue weighted by Gasteiger charge is 2.24. The Bertz CT molecular complexity index is 2760. The van der Waals surface area contributed by atoms with E-state index in [1.165, 1.54) is 51.6 Å². The number of rotatable bonds is 4. The molecule has 0 N–H and O–H groups in total. The molecule has 10 rings (SSSR count). The normalized spacial score (nSPS) is 11.8. The fourth-order valence-electron chi connectivity index (χ4n) is 6.76. The van der Waals surface area contributed by atoms with Gasteiger partial charge in [-0.3, -0.25) is 0 Å². The van der Waals surface area contributed by atoms with Crippen LogP contribution in [0.2, 0.25) is 0 Å². The average Bonchev–Trinajstić information content (AvgIpc) is 3.86. The van der Waals surface area contributed by atoms with Gasteiger partial charge in [-0.05, 0) is 42.0 Å². The highest BCUT2D eigenvalue weighted by molar-refractivity contribution is 7.27. The van der Waals surface area contributed by atoms with Crippen molar-refractivity contribution in [1.29, 1.82) is 0 Å². The van der Waals surface area contributed by atoms with Gasteiger partial charge < -0.3 is 4.42 Å². The molecule has 4 aromatic heterocycles. The van der Waals surface area contributed by atoms with Crippen LogP contribution in [0.15, 0.2) is 150 Å². The van der Waals surface area contributed by atoms with Crippen molar-refractivity contribution < 1.29 is 4.42 Å². The van der Waals surface area contributed by atoms with E-state index in [1.807, 2.05) is 46.9 Å². The van der Waals surface area contributed by atoms with Gasteiger partial charge in [0.1, 0.15) is 5.52 Å². The highest BCUT2D eigenvalue weighted by atomic mass is 32.1. The van der Waals surface area contributed by atoms with Gasteiger partial charge in [-0.25, -0.2) is 9.97 Å². The molecule has 4 heterocycles. The molecule has 10 aromatic rings. The van der Waals surface area contributed by atoms with Crippen LogP contribution >= 0.6 is 22.7 Å². The van der Waals surface area contributed by atoms with Gasteiger partial charge in [0.05, 0.1) is 11.2 Å². The maximum atomic E-state index is 6.12. The molecule has 0 bridgehead atoms. The Kier molecular flexibility index (Phi) is 5.92. The molecular weight excluding hydrogens is 613 g/mol. The van der Waals surface area contributed by atoms with Crippen molar-refractivity contribution in [2.24, 2.45) is 0 Å². The lowest BCUT2D eigenvalue weighted by Gasteiger charge is -2.11. The minimum Gasteiger partial charge on any atom is -0.436 e. The van der Waals surface area contributed by atoms with E-state index < -0.39 is 0 Å². The van der Waals surface area contributed by atoms with Crippen molar-refractivity contribution in [2.75, 3.05) is 0 Å². The van der Waals surface area contributed by atoms with Gasteiger partial charge in [0, 0.05) is 62.8 Å². The molecule has 0 fully saturated rings. The summed E-state index contributed by atoms with van der Waals surface area (Å²) in [5.41, 5.74) is 9.37. The van der Waals surface area contributed by atoms with Gasteiger partial charge in [-0.2, -0.15) is 0 Å². The Morgan fingerprint density at radius 3 is 2.02 bits per heavy atom. The summed E-state index contributed by atoms with van der Waals surface area (Å²) in [4.78, 5) is 11.3. The lowest BCUT2D eigenvalue weighted by Crippen LogP contribution is -1.90. The molecule has 0 atom stereocenters. The van der Waals surface area contributed by atoms with Crippen molar-refractivity contribution >= 4 is 74.9 Å². The molecule has 6 aromatic carbocycles. The largest absolute Gasteiger partial charge is 0.436 e. The van der Waals surface area contributed by atoms with Crippen LogP contribution in [0.3, 0.4) is 0 Å². The fourth-order valence-corrected chi connectivity index (χ4v) is 9.33. The van der Waals surface area contributed by atoms with E-state index in [2.05, 4.69) is 121 Å². The maximum absolute atomic E-state index is 6.12. The zero-order chi connectivity index (χ0) is 30.9. The Morgan fingerprint density at radius 2 is 1.17 bits per heavy atom. The summed E-state index contributed by atoms with van der Waals surface area (Å²) in [5.74, 6) is 0.630. The lowest BCUT2D eigenvalue weighted by atomic mass is 9.94. The van der Waals surface area contributed by atoms with Crippen LogP contribution in [0.1, 0.15) is 0 Å². The first-order valence-electron chi connectivity index (χ1n) is 15.6. The molecule has 220 valence electrons. The fraction of sp³-hybridized carbons (Fsp3) is 0. The second-order valence-electron chi connectivity index (χ2n) is 11.7. The van der Waals surface area contributed by atoms with E-state index in [-0.39, 0.29) is 0 Å². The zero-order valence-electron chi connectivity index (χ0n) is 25.0. The van der Waals surface area contributed by atoms with E-state index in [1.54, 1.807) is 0 Å². The number of benzene rings is 6. The van der Waals surface area contributed by atoms with Gasteiger partial charge in [0.25, 0.3) is 0 Å². The number of hydrogen-bond donors (Lipinski definition) is 0. The van der Waals surface area contributed by atoms with Crippen molar-refractivity contribution in [3.63, 3.8) is 0 Å². The summed E-state index contributed by atoms with van der Waals surface area (Å²) in [6, 6.07) is 51.2.